The lowest BCUT2D eigenvalue weighted by Crippen LogP contribution is -2.55. The molecule has 0 saturated carbocycles. The highest BCUT2D eigenvalue weighted by Gasteiger charge is 2.47. The van der Waals surface area contributed by atoms with Crippen molar-refractivity contribution in [3.63, 3.8) is 0 Å². The second-order valence-electron chi connectivity index (χ2n) is 7.84. The van der Waals surface area contributed by atoms with Crippen LogP contribution in [0.15, 0.2) is 18.2 Å². The number of likely N-dealkylation sites (tertiary alicyclic amines) is 1. The molecule has 7 heteroatoms. The summed E-state index contributed by atoms with van der Waals surface area (Å²) in [6.45, 7) is 2.47. The fraction of sp³-hybridized carbons (Fsp3) is 0.550. The van der Waals surface area contributed by atoms with E-state index in [4.69, 9.17) is 4.74 Å². The molecule has 1 aliphatic carbocycles. The van der Waals surface area contributed by atoms with E-state index in [0.717, 1.165) is 49.4 Å². The lowest BCUT2D eigenvalue weighted by atomic mass is 9.81. The van der Waals surface area contributed by atoms with Gasteiger partial charge in [0.15, 0.2) is 5.78 Å². The first-order valence-electron chi connectivity index (χ1n) is 9.55. The van der Waals surface area contributed by atoms with E-state index in [1.54, 1.807) is 7.11 Å². The highest BCUT2D eigenvalue weighted by molar-refractivity contribution is 6.07. The molecule has 0 bridgehead atoms. The van der Waals surface area contributed by atoms with E-state index in [1.165, 1.54) is 0 Å². The Morgan fingerprint density at radius 1 is 1.19 bits per heavy atom. The number of Topliss-reactive ketones (excluding diaryl/α,β-unsaturated/α-hetero) is 1. The van der Waals surface area contributed by atoms with Crippen molar-refractivity contribution < 1.29 is 19.1 Å². The smallest absolute Gasteiger partial charge is 0.322 e. The van der Waals surface area contributed by atoms with E-state index >= 15 is 0 Å². The summed E-state index contributed by atoms with van der Waals surface area (Å²) in [5.41, 5.74) is 1.19. The van der Waals surface area contributed by atoms with Crippen molar-refractivity contribution in [1.82, 2.24) is 15.5 Å². The molecule has 1 aromatic carbocycles. The molecule has 2 aliphatic heterocycles. The standard InChI is InChI=1S/C20H25N3O4/c1-27-15-3-2-14-10-13(11-17(24)16(14)12-15)4-7-23-8-5-20(6-9-23)18(25)21-19(26)22-20/h2-3,12-13H,4-11H2,1H3,(H2,21,22,25,26). The Kier molecular flexibility index (Phi) is 4.63. The molecular formula is C20H25N3O4. The van der Waals surface area contributed by atoms with Gasteiger partial charge in [-0.25, -0.2) is 4.79 Å². The zero-order valence-electron chi connectivity index (χ0n) is 15.5. The molecule has 2 saturated heterocycles. The third-order valence-corrected chi connectivity index (χ3v) is 6.18. The number of nitrogens with zero attached hydrogens (tertiary/aromatic N) is 1. The van der Waals surface area contributed by atoms with E-state index in [2.05, 4.69) is 15.5 Å². The number of nitrogens with one attached hydrogen (secondary N) is 2. The van der Waals surface area contributed by atoms with Gasteiger partial charge in [-0.15, -0.1) is 0 Å². The number of fused-ring (bicyclic) bond motifs is 1. The summed E-state index contributed by atoms with van der Waals surface area (Å²) in [5.74, 6) is 1.08. The Hall–Kier alpha value is -2.41. The summed E-state index contributed by atoms with van der Waals surface area (Å²) < 4.78 is 5.22. The van der Waals surface area contributed by atoms with Crippen LogP contribution in [0.3, 0.4) is 0 Å². The van der Waals surface area contributed by atoms with Gasteiger partial charge in [0.1, 0.15) is 11.3 Å². The van der Waals surface area contributed by atoms with Gasteiger partial charge in [-0.1, -0.05) is 6.07 Å². The Balaban J connectivity index is 1.31. The van der Waals surface area contributed by atoms with Crippen molar-refractivity contribution in [1.29, 1.82) is 0 Å². The summed E-state index contributed by atoms with van der Waals surface area (Å²) in [5, 5.41) is 5.13. The van der Waals surface area contributed by atoms with E-state index in [1.807, 2.05) is 18.2 Å². The molecular weight excluding hydrogens is 346 g/mol. The molecule has 27 heavy (non-hydrogen) atoms. The van der Waals surface area contributed by atoms with Crippen molar-refractivity contribution in [3.05, 3.63) is 29.3 Å². The van der Waals surface area contributed by atoms with E-state index in [0.29, 0.717) is 25.2 Å². The van der Waals surface area contributed by atoms with Crippen molar-refractivity contribution in [2.45, 2.75) is 37.6 Å². The molecule has 0 radical (unpaired) electrons. The lowest BCUT2D eigenvalue weighted by Gasteiger charge is -2.37. The van der Waals surface area contributed by atoms with Gasteiger partial charge in [0.2, 0.25) is 0 Å². The summed E-state index contributed by atoms with van der Waals surface area (Å²) in [6.07, 6.45) is 3.73. The molecule has 1 spiro atoms. The zero-order chi connectivity index (χ0) is 19.0. The van der Waals surface area contributed by atoms with Crippen LogP contribution in [0.4, 0.5) is 4.79 Å². The third kappa shape index (κ3) is 3.43. The SMILES string of the molecule is COc1ccc2c(c1)C(=O)CC(CCN1CCC3(CC1)NC(=O)NC3=O)C2. The van der Waals surface area contributed by atoms with Crippen LogP contribution >= 0.6 is 0 Å². The van der Waals surface area contributed by atoms with Crippen LogP contribution in [-0.4, -0.2) is 54.9 Å². The monoisotopic (exact) mass is 371 g/mol. The molecule has 7 nitrogen and oxygen atoms in total. The molecule has 0 aromatic heterocycles. The van der Waals surface area contributed by atoms with Crippen LogP contribution in [-0.2, 0) is 11.2 Å². The number of urea groups is 1. The number of carbonyl (C=O) groups excluding carboxylic acids is 3. The van der Waals surface area contributed by atoms with E-state index in [-0.39, 0.29) is 17.7 Å². The highest BCUT2D eigenvalue weighted by atomic mass is 16.5. The Labute approximate surface area is 158 Å². The first-order chi connectivity index (χ1) is 13.0. The maximum Gasteiger partial charge on any atom is 0.322 e. The first-order valence-corrected chi connectivity index (χ1v) is 9.55. The number of hydrogen-bond donors (Lipinski definition) is 2. The van der Waals surface area contributed by atoms with Gasteiger partial charge in [-0.05, 0) is 55.8 Å². The van der Waals surface area contributed by atoms with Crippen molar-refractivity contribution in [2.75, 3.05) is 26.7 Å². The molecule has 3 amide bonds. The van der Waals surface area contributed by atoms with Crippen LogP contribution in [0.2, 0.25) is 0 Å². The molecule has 2 N–H and O–H groups in total. The normalized spacial score (nSPS) is 24.5. The number of benzene rings is 1. The van der Waals surface area contributed by atoms with Gasteiger partial charge in [0.05, 0.1) is 7.11 Å². The zero-order valence-corrected chi connectivity index (χ0v) is 15.5. The van der Waals surface area contributed by atoms with Gasteiger partial charge >= 0.3 is 6.03 Å². The van der Waals surface area contributed by atoms with Gasteiger partial charge in [0.25, 0.3) is 5.91 Å². The quantitative estimate of drug-likeness (QED) is 0.784. The van der Waals surface area contributed by atoms with E-state index < -0.39 is 5.54 Å². The number of imide groups is 1. The fourth-order valence-corrected chi connectivity index (χ4v) is 4.48. The number of hydrogen-bond acceptors (Lipinski definition) is 5. The van der Waals surface area contributed by atoms with Crippen molar-refractivity contribution in [2.24, 2.45) is 5.92 Å². The minimum Gasteiger partial charge on any atom is -0.497 e. The fourth-order valence-electron chi connectivity index (χ4n) is 4.48. The first kappa shape index (κ1) is 18.0. The second kappa shape index (κ2) is 6.96. The maximum absolute atomic E-state index is 12.5. The predicted molar refractivity (Wildman–Crippen MR) is 98.8 cm³/mol. The Morgan fingerprint density at radius 3 is 2.63 bits per heavy atom. The lowest BCUT2D eigenvalue weighted by molar-refractivity contribution is -0.125. The van der Waals surface area contributed by atoms with Crippen LogP contribution in [0.1, 0.15) is 41.6 Å². The maximum atomic E-state index is 12.5. The van der Waals surface area contributed by atoms with Crippen LogP contribution in [0, 0.1) is 5.92 Å². The van der Waals surface area contributed by atoms with Crippen LogP contribution < -0.4 is 15.4 Å². The highest BCUT2D eigenvalue weighted by Crippen LogP contribution is 2.31. The Morgan fingerprint density at radius 2 is 1.96 bits per heavy atom. The topological polar surface area (TPSA) is 87.7 Å². The molecule has 2 fully saturated rings. The van der Waals surface area contributed by atoms with Gasteiger partial charge < -0.3 is 15.0 Å². The molecule has 3 aliphatic rings. The summed E-state index contributed by atoms with van der Waals surface area (Å²) in [6, 6.07) is 5.38. The number of ketones is 1. The van der Waals surface area contributed by atoms with E-state index in [9.17, 15) is 14.4 Å². The second-order valence-corrected chi connectivity index (χ2v) is 7.84. The molecule has 1 unspecified atom stereocenters. The molecule has 1 atom stereocenters. The number of methoxy groups -OCH3 is 1. The summed E-state index contributed by atoms with van der Waals surface area (Å²) in [4.78, 5) is 38.3. The Bertz CT molecular complexity index is 783. The van der Waals surface area contributed by atoms with Gasteiger partial charge in [0, 0.05) is 25.1 Å². The number of piperidine rings is 1. The predicted octanol–water partition coefficient (Wildman–Crippen LogP) is 1.50. The minimum atomic E-state index is -0.716. The molecule has 1 aromatic rings. The third-order valence-electron chi connectivity index (χ3n) is 6.18. The number of ether oxygens (including phenoxy) is 1. The van der Waals surface area contributed by atoms with Crippen LogP contribution in [0.5, 0.6) is 5.75 Å². The summed E-state index contributed by atoms with van der Waals surface area (Å²) in [7, 11) is 1.61. The van der Waals surface area contributed by atoms with Crippen LogP contribution in [0.25, 0.3) is 0 Å². The van der Waals surface area contributed by atoms with Gasteiger partial charge in [-0.2, -0.15) is 0 Å². The van der Waals surface area contributed by atoms with Crippen molar-refractivity contribution in [3.8, 4) is 5.75 Å². The minimum absolute atomic E-state index is 0.197. The molecule has 2 heterocycles. The molecule has 144 valence electrons. The largest absolute Gasteiger partial charge is 0.497 e. The number of amides is 3. The average molecular weight is 371 g/mol. The molecule has 4 rings (SSSR count). The number of carbonyl (C=O) groups is 3. The van der Waals surface area contributed by atoms with Gasteiger partial charge in [-0.3, -0.25) is 14.9 Å². The summed E-state index contributed by atoms with van der Waals surface area (Å²) >= 11 is 0. The number of rotatable bonds is 4. The average Bonchev–Trinajstić information content (AvgIpc) is 2.94. The van der Waals surface area contributed by atoms with Crippen molar-refractivity contribution >= 4 is 17.7 Å².